The molecular formula is C11H15ClO2S. The van der Waals surface area contributed by atoms with Crippen molar-refractivity contribution in [3.05, 3.63) is 28.8 Å². The van der Waals surface area contributed by atoms with Gasteiger partial charge in [0.05, 0.1) is 11.6 Å². The molecule has 15 heavy (non-hydrogen) atoms. The van der Waals surface area contributed by atoms with Crippen molar-refractivity contribution in [3.8, 4) is 0 Å². The van der Waals surface area contributed by atoms with Crippen LogP contribution in [0.4, 0.5) is 0 Å². The van der Waals surface area contributed by atoms with E-state index < -0.39 is 0 Å². The first-order valence-electron chi connectivity index (χ1n) is 4.80. The Morgan fingerprint density at radius 1 is 1.40 bits per heavy atom. The van der Waals surface area contributed by atoms with Crippen LogP contribution in [0, 0.1) is 5.92 Å². The molecule has 0 aromatic heterocycles. The quantitative estimate of drug-likeness (QED) is 0.785. The van der Waals surface area contributed by atoms with Gasteiger partial charge in [0.1, 0.15) is 0 Å². The molecule has 0 bridgehead atoms. The first kappa shape index (κ1) is 12.8. The minimum atomic E-state index is 0.0116. The average molecular weight is 247 g/mol. The van der Waals surface area contributed by atoms with Gasteiger partial charge in [0.15, 0.2) is 0 Å². The zero-order chi connectivity index (χ0) is 11.3. The van der Waals surface area contributed by atoms with Gasteiger partial charge in [-0.05, 0) is 23.6 Å². The fraction of sp³-hybridized carbons (Fsp3) is 0.455. The van der Waals surface area contributed by atoms with E-state index in [1.54, 1.807) is 17.8 Å². The molecule has 0 aliphatic carbocycles. The van der Waals surface area contributed by atoms with Gasteiger partial charge in [-0.15, -0.1) is 11.8 Å². The third-order valence-corrected chi connectivity index (χ3v) is 3.84. The highest BCUT2D eigenvalue weighted by Crippen LogP contribution is 2.29. The van der Waals surface area contributed by atoms with Crippen molar-refractivity contribution in [3.63, 3.8) is 0 Å². The first-order chi connectivity index (χ1) is 7.17. The second-order valence-corrected chi connectivity index (χ2v) is 4.99. The maximum absolute atomic E-state index is 8.91. The second-order valence-electron chi connectivity index (χ2n) is 3.52. The minimum Gasteiger partial charge on any atom is -0.396 e. The van der Waals surface area contributed by atoms with E-state index in [4.69, 9.17) is 21.8 Å². The third kappa shape index (κ3) is 4.03. The van der Waals surface area contributed by atoms with Crippen LogP contribution >= 0.6 is 23.4 Å². The Bertz CT molecular complexity index is 317. The summed E-state index contributed by atoms with van der Waals surface area (Å²) in [5, 5.41) is 18.5. The second kappa shape index (κ2) is 6.38. The molecule has 0 radical (unpaired) electrons. The summed E-state index contributed by atoms with van der Waals surface area (Å²) in [6.07, 6.45) is 0. The zero-order valence-electron chi connectivity index (χ0n) is 8.61. The molecule has 0 spiro atoms. The molecule has 0 aliphatic heterocycles. The lowest BCUT2D eigenvalue weighted by Gasteiger charge is -2.09. The van der Waals surface area contributed by atoms with Crippen molar-refractivity contribution in [1.29, 1.82) is 0 Å². The topological polar surface area (TPSA) is 40.5 Å². The fourth-order valence-corrected chi connectivity index (χ4v) is 2.34. The molecule has 84 valence electrons. The third-order valence-electron chi connectivity index (χ3n) is 2.01. The molecule has 1 unspecified atom stereocenters. The van der Waals surface area contributed by atoms with Gasteiger partial charge in [-0.3, -0.25) is 0 Å². The van der Waals surface area contributed by atoms with E-state index in [9.17, 15) is 0 Å². The van der Waals surface area contributed by atoms with Crippen molar-refractivity contribution in [1.82, 2.24) is 0 Å². The summed E-state index contributed by atoms with van der Waals surface area (Å²) < 4.78 is 0. The maximum atomic E-state index is 8.91. The van der Waals surface area contributed by atoms with Gasteiger partial charge in [0, 0.05) is 17.3 Å². The van der Waals surface area contributed by atoms with Crippen LogP contribution in [0.15, 0.2) is 23.1 Å². The van der Waals surface area contributed by atoms with Gasteiger partial charge in [-0.1, -0.05) is 24.6 Å². The van der Waals surface area contributed by atoms with E-state index in [0.717, 1.165) is 16.2 Å². The Hall–Kier alpha value is -0.220. The van der Waals surface area contributed by atoms with Crippen LogP contribution in [0.5, 0.6) is 0 Å². The molecule has 0 amide bonds. The Labute approximate surface area is 99.3 Å². The van der Waals surface area contributed by atoms with Gasteiger partial charge >= 0.3 is 0 Å². The standard InChI is InChI=1S/C11H15ClO2S/c1-8(5-13)7-15-11-3-2-9(6-14)4-10(11)12/h2-4,8,13-14H,5-7H2,1H3. The number of aliphatic hydroxyl groups is 2. The molecule has 1 rings (SSSR count). The number of hydrogen-bond donors (Lipinski definition) is 2. The normalized spacial score (nSPS) is 12.8. The zero-order valence-corrected chi connectivity index (χ0v) is 10.2. The summed E-state index contributed by atoms with van der Waals surface area (Å²) in [5.74, 6) is 1.11. The highest BCUT2D eigenvalue weighted by atomic mass is 35.5. The van der Waals surface area contributed by atoms with Crippen LogP contribution in [-0.4, -0.2) is 22.6 Å². The van der Waals surface area contributed by atoms with Crippen molar-refractivity contribution >= 4 is 23.4 Å². The molecule has 0 saturated heterocycles. The van der Waals surface area contributed by atoms with E-state index in [1.165, 1.54) is 0 Å². The highest BCUT2D eigenvalue weighted by molar-refractivity contribution is 7.99. The molecule has 0 fully saturated rings. The number of halogens is 1. The summed E-state index contributed by atoms with van der Waals surface area (Å²) in [7, 11) is 0. The van der Waals surface area contributed by atoms with Crippen LogP contribution in [0.2, 0.25) is 5.02 Å². The molecule has 0 heterocycles. The SMILES string of the molecule is CC(CO)CSc1ccc(CO)cc1Cl. The molecule has 1 aromatic carbocycles. The van der Waals surface area contributed by atoms with E-state index in [-0.39, 0.29) is 19.1 Å². The fourth-order valence-electron chi connectivity index (χ4n) is 1.04. The largest absolute Gasteiger partial charge is 0.396 e. The van der Waals surface area contributed by atoms with Gasteiger partial charge < -0.3 is 10.2 Å². The number of rotatable bonds is 5. The molecule has 0 aliphatic rings. The van der Waals surface area contributed by atoms with Gasteiger partial charge in [0.2, 0.25) is 0 Å². The number of aliphatic hydroxyl groups excluding tert-OH is 2. The molecular weight excluding hydrogens is 232 g/mol. The summed E-state index contributed by atoms with van der Waals surface area (Å²) in [4.78, 5) is 0.995. The van der Waals surface area contributed by atoms with Gasteiger partial charge in [0.25, 0.3) is 0 Å². The van der Waals surface area contributed by atoms with E-state index in [2.05, 4.69) is 0 Å². The summed E-state index contributed by atoms with van der Waals surface area (Å²) in [5.41, 5.74) is 0.819. The van der Waals surface area contributed by atoms with Crippen LogP contribution in [0.3, 0.4) is 0 Å². The molecule has 1 aromatic rings. The van der Waals surface area contributed by atoms with Gasteiger partial charge in [-0.2, -0.15) is 0 Å². The Morgan fingerprint density at radius 3 is 2.67 bits per heavy atom. The monoisotopic (exact) mass is 246 g/mol. The van der Waals surface area contributed by atoms with Crippen LogP contribution < -0.4 is 0 Å². The predicted octanol–water partition coefficient (Wildman–Crippen LogP) is 2.55. The Morgan fingerprint density at radius 2 is 2.13 bits per heavy atom. The maximum Gasteiger partial charge on any atom is 0.0682 e. The van der Waals surface area contributed by atoms with Crippen LogP contribution in [0.25, 0.3) is 0 Å². The predicted molar refractivity (Wildman–Crippen MR) is 64.3 cm³/mol. The summed E-state index contributed by atoms with van der Waals surface area (Å²) >= 11 is 7.67. The lowest BCUT2D eigenvalue weighted by molar-refractivity contribution is 0.250. The first-order valence-corrected chi connectivity index (χ1v) is 6.16. The number of thioether (sulfide) groups is 1. The molecule has 4 heteroatoms. The van der Waals surface area contributed by atoms with Crippen molar-refractivity contribution in [2.45, 2.75) is 18.4 Å². The lowest BCUT2D eigenvalue weighted by atomic mass is 10.2. The van der Waals surface area contributed by atoms with Crippen molar-refractivity contribution < 1.29 is 10.2 Å². The molecule has 1 atom stereocenters. The summed E-state index contributed by atoms with van der Waals surface area (Å²) in [6.45, 7) is 2.19. The highest BCUT2D eigenvalue weighted by Gasteiger charge is 2.05. The van der Waals surface area contributed by atoms with Crippen molar-refractivity contribution in [2.75, 3.05) is 12.4 Å². The average Bonchev–Trinajstić information content (AvgIpc) is 2.26. The van der Waals surface area contributed by atoms with Crippen molar-refractivity contribution in [2.24, 2.45) is 5.92 Å². The lowest BCUT2D eigenvalue weighted by Crippen LogP contribution is -2.03. The molecule has 0 saturated carbocycles. The molecule has 2 N–H and O–H groups in total. The van der Waals surface area contributed by atoms with Crippen LogP contribution in [0.1, 0.15) is 12.5 Å². The smallest absolute Gasteiger partial charge is 0.0682 e. The number of hydrogen-bond acceptors (Lipinski definition) is 3. The Balaban J connectivity index is 2.62. The molecule has 2 nitrogen and oxygen atoms in total. The minimum absolute atomic E-state index is 0.0116. The van der Waals surface area contributed by atoms with E-state index >= 15 is 0 Å². The number of benzene rings is 1. The van der Waals surface area contributed by atoms with E-state index in [1.807, 2.05) is 19.1 Å². The van der Waals surface area contributed by atoms with Gasteiger partial charge in [-0.25, -0.2) is 0 Å². The van der Waals surface area contributed by atoms with E-state index in [0.29, 0.717) is 5.02 Å². The summed E-state index contributed by atoms with van der Waals surface area (Å²) in [6, 6.07) is 5.54. The Kier molecular flexibility index (Phi) is 5.47. The van der Waals surface area contributed by atoms with Crippen LogP contribution in [-0.2, 0) is 6.61 Å².